The summed E-state index contributed by atoms with van der Waals surface area (Å²) in [6, 6.07) is 3.87. The summed E-state index contributed by atoms with van der Waals surface area (Å²) in [5.74, 6) is 0.330. The van der Waals surface area contributed by atoms with Crippen LogP contribution in [0.1, 0.15) is 25.0 Å². The van der Waals surface area contributed by atoms with Crippen LogP contribution in [0.25, 0.3) is 0 Å². The van der Waals surface area contributed by atoms with Gasteiger partial charge in [0.05, 0.1) is 16.6 Å². The third kappa shape index (κ3) is 4.48. The van der Waals surface area contributed by atoms with E-state index in [1.165, 1.54) is 19.1 Å². The van der Waals surface area contributed by atoms with Crippen LogP contribution in [0.15, 0.2) is 18.2 Å². The molecule has 0 heterocycles. The number of aliphatic hydroxyl groups excluding tert-OH is 2. The number of aliphatic hydroxyl groups is 2. The lowest BCUT2D eigenvalue weighted by Crippen LogP contribution is -2.20. The van der Waals surface area contributed by atoms with Crippen LogP contribution in [0.5, 0.6) is 0 Å². The minimum absolute atomic E-state index is 0.00419. The number of hydrogen-bond donors (Lipinski definition) is 3. The number of nitrogens with two attached hydrogens (primary N) is 1. The summed E-state index contributed by atoms with van der Waals surface area (Å²) >= 11 is 1.02. The van der Waals surface area contributed by atoms with Gasteiger partial charge in [-0.1, -0.05) is 11.8 Å². The van der Waals surface area contributed by atoms with Crippen molar-refractivity contribution in [1.82, 2.24) is 0 Å². The maximum atomic E-state index is 10.9. The molecule has 2 unspecified atom stereocenters. The molecule has 0 saturated heterocycles. The topological polar surface area (TPSA) is 127 Å². The molecule has 0 aromatic heterocycles. The number of carbonyl (C=O) groups excluding carboxylic acids is 1. The van der Waals surface area contributed by atoms with E-state index in [1.807, 2.05) is 0 Å². The number of anilines is 1. The number of nitro benzene ring substituents is 1. The second-order valence-electron chi connectivity index (χ2n) is 4.22. The first-order valence-electron chi connectivity index (χ1n) is 5.86. The van der Waals surface area contributed by atoms with Crippen molar-refractivity contribution in [2.75, 3.05) is 11.5 Å². The summed E-state index contributed by atoms with van der Waals surface area (Å²) in [5.41, 5.74) is 5.34. The molecule has 2 atom stereocenters. The molecular weight excluding hydrogens is 284 g/mol. The van der Waals surface area contributed by atoms with Gasteiger partial charge in [0.1, 0.15) is 6.10 Å². The maximum absolute atomic E-state index is 10.9. The summed E-state index contributed by atoms with van der Waals surface area (Å²) < 4.78 is 0. The van der Waals surface area contributed by atoms with E-state index in [9.17, 15) is 25.1 Å². The molecule has 0 aliphatic carbocycles. The van der Waals surface area contributed by atoms with Gasteiger partial charge in [-0.3, -0.25) is 14.9 Å². The summed E-state index contributed by atoms with van der Waals surface area (Å²) in [6.45, 7) is 1.40. The molecule has 0 spiro atoms. The van der Waals surface area contributed by atoms with Gasteiger partial charge in [0.2, 0.25) is 0 Å². The first-order valence-corrected chi connectivity index (χ1v) is 6.84. The van der Waals surface area contributed by atoms with Crippen molar-refractivity contribution >= 4 is 28.3 Å². The molecule has 1 aromatic rings. The highest BCUT2D eigenvalue weighted by molar-refractivity contribution is 8.13. The number of hydrogen-bond acceptors (Lipinski definition) is 7. The first-order chi connectivity index (χ1) is 9.32. The average Bonchev–Trinajstić information content (AvgIpc) is 2.37. The molecule has 4 N–H and O–H groups in total. The number of nitrogen functional groups attached to an aromatic ring is 1. The highest BCUT2D eigenvalue weighted by Crippen LogP contribution is 2.30. The van der Waals surface area contributed by atoms with Gasteiger partial charge in [-0.2, -0.15) is 0 Å². The zero-order valence-electron chi connectivity index (χ0n) is 10.9. The van der Waals surface area contributed by atoms with Crippen LogP contribution < -0.4 is 5.73 Å². The van der Waals surface area contributed by atoms with Crippen LogP contribution in [0.2, 0.25) is 0 Å². The molecule has 0 fully saturated rings. The molecular formula is C12H16N2O5S. The fraction of sp³-hybridized carbons (Fsp3) is 0.417. The molecule has 0 bridgehead atoms. The Kier molecular flexibility index (Phi) is 5.93. The molecule has 110 valence electrons. The van der Waals surface area contributed by atoms with Crippen LogP contribution in [0.3, 0.4) is 0 Å². The van der Waals surface area contributed by atoms with E-state index in [0.29, 0.717) is 5.75 Å². The molecule has 0 aliphatic rings. The Labute approximate surface area is 119 Å². The average molecular weight is 300 g/mol. The van der Waals surface area contributed by atoms with Crippen LogP contribution in [-0.4, -0.2) is 32.1 Å². The van der Waals surface area contributed by atoms with Gasteiger partial charge >= 0.3 is 0 Å². The van der Waals surface area contributed by atoms with Crippen LogP contribution in [0, 0.1) is 10.1 Å². The monoisotopic (exact) mass is 300 g/mol. The van der Waals surface area contributed by atoms with Crippen molar-refractivity contribution in [1.29, 1.82) is 0 Å². The highest BCUT2D eigenvalue weighted by Gasteiger charge is 2.26. The second-order valence-corrected chi connectivity index (χ2v) is 5.49. The normalized spacial score (nSPS) is 13.8. The molecule has 20 heavy (non-hydrogen) atoms. The van der Waals surface area contributed by atoms with Crippen molar-refractivity contribution in [2.45, 2.75) is 25.6 Å². The lowest BCUT2D eigenvalue weighted by Gasteiger charge is -2.17. The van der Waals surface area contributed by atoms with Gasteiger partial charge in [-0.25, -0.2) is 0 Å². The van der Waals surface area contributed by atoms with Crippen molar-refractivity contribution in [2.24, 2.45) is 0 Å². The van der Waals surface area contributed by atoms with E-state index in [-0.39, 0.29) is 28.5 Å². The van der Waals surface area contributed by atoms with Gasteiger partial charge < -0.3 is 15.9 Å². The fourth-order valence-corrected chi connectivity index (χ4v) is 2.30. The second kappa shape index (κ2) is 7.22. The zero-order chi connectivity index (χ0) is 15.3. The Morgan fingerprint density at radius 1 is 1.50 bits per heavy atom. The minimum Gasteiger partial charge on any atom is -0.399 e. The molecule has 8 heteroatoms. The van der Waals surface area contributed by atoms with Crippen molar-refractivity contribution in [3.63, 3.8) is 0 Å². The third-order valence-corrected chi connectivity index (χ3v) is 3.50. The predicted octanol–water partition coefficient (Wildman–Crippen LogP) is 1.24. The van der Waals surface area contributed by atoms with Gasteiger partial charge in [-0.05, 0) is 18.6 Å². The van der Waals surface area contributed by atoms with Crippen molar-refractivity contribution in [3.8, 4) is 0 Å². The lowest BCUT2D eigenvalue weighted by atomic mass is 10.0. The number of carbonyl (C=O) groups is 1. The predicted molar refractivity (Wildman–Crippen MR) is 76.2 cm³/mol. The highest BCUT2D eigenvalue weighted by atomic mass is 32.2. The Morgan fingerprint density at radius 3 is 2.70 bits per heavy atom. The Bertz CT molecular complexity index is 509. The number of nitro groups is 1. The minimum atomic E-state index is -1.40. The summed E-state index contributed by atoms with van der Waals surface area (Å²) in [4.78, 5) is 21.0. The SMILES string of the molecule is CC(=O)SCCC(O)C(O)c1ccc(N)cc1[N+](=O)[O-]. The van der Waals surface area contributed by atoms with Crippen molar-refractivity contribution < 1.29 is 19.9 Å². The maximum Gasteiger partial charge on any atom is 0.277 e. The molecule has 1 rings (SSSR count). The van der Waals surface area contributed by atoms with E-state index in [1.54, 1.807) is 0 Å². The van der Waals surface area contributed by atoms with E-state index in [0.717, 1.165) is 17.8 Å². The van der Waals surface area contributed by atoms with E-state index >= 15 is 0 Å². The summed E-state index contributed by atoms with van der Waals surface area (Å²) in [5, 5.41) is 30.6. The Hall–Kier alpha value is -1.64. The number of nitrogens with zero attached hydrogens (tertiary/aromatic N) is 1. The smallest absolute Gasteiger partial charge is 0.277 e. The summed E-state index contributed by atoms with van der Waals surface area (Å²) in [7, 11) is 0. The standard InChI is InChI=1S/C12H16N2O5S/c1-7(15)20-5-4-11(16)12(17)9-3-2-8(13)6-10(9)14(18)19/h2-3,6,11-12,16-17H,4-5,13H2,1H3. The van der Waals surface area contributed by atoms with E-state index < -0.39 is 17.1 Å². The Morgan fingerprint density at radius 2 is 2.15 bits per heavy atom. The largest absolute Gasteiger partial charge is 0.399 e. The number of thioether (sulfide) groups is 1. The first kappa shape index (κ1) is 16.4. The number of rotatable bonds is 6. The van der Waals surface area contributed by atoms with Gasteiger partial charge in [0, 0.05) is 24.4 Å². The molecule has 7 nitrogen and oxygen atoms in total. The zero-order valence-corrected chi connectivity index (χ0v) is 11.7. The molecule has 0 amide bonds. The fourth-order valence-electron chi connectivity index (χ4n) is 1.66. The van der Waals surface area contributed by atoms with Crippen molar-refractivity contribution in [3.05, 3.63) is 33.9 Å². The number of benzene rings is 1. The Balaban J connectivity index is 2.83. The molecule has 0 aliphatic heterocycles. The van der Waals surface area contributed by atoms with Gasteiger partial charge in [0.15, 0.2) is 5.12 Å². The van der Waals surface area contributed by atoms with Gasteiger partial charge in [0.25, 0.3) is 5.69 Å². The van der Waals surface area contributed by atoms with Gasteiger partial charge in [-0.15, -0.1) is 0 Å². The molecule has 0 radical (unpaired) electrons. The van der Waals surface area contributed by atoms with E-state index in [2.05, 4.69) is 0 Å². The summed E-state index contributed by atoms with van der Waals surface area (Å²) in [6.07, 6.45) is -2.44. The molecule has 1 aromatic carbocycles. The lowest BCUT2D eigenvalue weighted by molar-refractivity contribution is -0.386. The quantitative estimate of drug-likeness (QED) is 0.410. The van der Waals surface area contributed by atoms with Crippen LogP contribution in [-0.2, 0) is 4.79 Å². The molecule has 0 saturated carbocycles. The van der Waals surface area contributed by atoms with Crippen LogP contribution in [0.4, 0.5) is 11.4 Å². The third-order valence-electron chi connectivity index (χ3n) is 2.65. The van der Waals surface area contributed by atoms with E-state index in [4.69, 9.17) is 5.73 Å². The van der Waals surface area contributed by atoms with Crippen LogP contribution >= 0.6 is 11.8 Å².